The van der Waals surface area contributed by atoms with Crippen LogP contribution in [0.3, 0.4) is 0 Å². The molecule has 11 nitrogen and oxygen atoms in total. The van der Waals surface area contributed by atoms with E-state index in [1.54, 1.807) is 30.0 Å². The number of rotatable bonds is 6. The Bertz CT molecular complexity index is 1400. The van der Waals surface area contributed by atoms with Crippen LogP contribution in [0.5, 0.6) is 0 Å². The molecule has 0 bridgehead atoms. The summed E-state index contributed by atoms with van der Waals surface area (Å²) in [5.74, 6) is 1.97. The van der Waals surface area contributed by atoms with Crippen LogP contribution in [0, 0.1) is 11.8 Å². The molecule has 1 unspecified atom stereocenters. The first-order valence-corrected chi connectivity index (χ1v) is 11.7. The largest absolute Gasteiger partial charge is 0.493 e. The van der Waals surface area contributed by atoms with E-state index in [0.29, 0.717) is 31.2 Å². The molecule has 14 heteroatoms. The Morgan fingerprint density at radius 1 is 1.13 bits per heavy atom. The molecular weight excluding hydrogens is 509 g/mol. The molecule has 0 amide bonds. The second-order valence-corrected chi connectivity index (χ2v) is 8.58. The number of hydroxylamine groups is 1. The maximum absolute atomic E-state index is 13.4. The summed E-state index contributed by atoms with van der Waals surface area (Å²) in [5, 5.41) is 3.73. The van der Waals surface area contributed by atoms with Crippen molar-refractivity contribution in [1.82, 2.24) is 19.4 Å². The van der Waals surface area contributed by atoms with Gasteiger partial charge in [0.05, 0.1) is 13.1 Å². The summed E-state index contributed by atoms with van der Waals surface area (Å²) < 4.78 is 41.7. The van der Waals surface area contributed by atoms with E-state index in [-0.39, 0.29) is 17.8 Å². The highest BCUT2D eigenvalue weighted by molar-refractivity contribution is 5.96. The number of benzene rings is 1. The molecule has 0 radical (unpaired) electrons. The number of carbonyl (C=O) groups excluding carboxylic acids is 2. The first-order valence-electron chi connectivity index (χ1n) is 11.7. The molecule has 1 aromatic carbocycles. The molecule has 202 valence electrons. The lowest BCUT2D eigenvalue weighted by Crippen LogP contribution is -2.61. The fourth-order valence-corrected chi connectivity index (χ4v) is 4.38. The van der Waals surface area contributed by atoms with Crippen molar-refractivity contribution in [2.75, 3.05) is 42.7 Å². The number of alkyl halides is 3. The van der Waals surface area contributed by atoms with Crippen molar-refractivity contribution in [1.29, 1.82) is 0 Å². The third-order valence-electron chi connectivity index (χ3n) is 6.19. The summed E-state index contributed by atoms with van der Waals surface area (Å²) in [5.41, 5.74) is -1.77. The van der Waals surface area contributed by atoms with Gasteiger partial charge in [0.1, 0.15) is 0 Å². The van der Waals surface area contributed by atoms with Crippen LogP contribution in [0.1, 0.15) is 17.3 Å². The maximum atomic E-state index is 13.4. The smallest absolute Gasteiger partial charge is 0.327 e. The topological polar surface area (TPSA) is 109 Å². The van der Waals surface area contributed by atoms with Crippen LogP contribution in [0.15, 0.2) is 39.9 Å². The first-order chi connectivity index (χ1) is 18.1. The predicted octanol–water partition coefficient (Wildman–Crippen LogP) is 0.289. The molecule has 1 atom stereocenters. The molecule has 2 aromatic rings. The molecule has 0 aliphatic carbocycles. The predicted molar refractivity (Wildman–Crippen MR) is 130 cm³/mol. The fourth-order valence-electron chi connectivity index (χ4n) is 4.38. The van der Waals surface area contributed by atoms with Crippen molar-refractivity contribution in [3.63, 3.8) is 0 Å². The Hall–Kier alpha value is -4.09. The monoisotopic (exact) mass is 534 g/mol. The van der Waals surface area contributed by atoms with E-state index in [0.717, 1.165) is 9.13 Å². The molecule has 1 aromatic heterocycles. The highest BCUT2D eigenvalue weighted by atomic mass is 19.4. The summed E-state index contributed by atoms with van der Waals surface area (Å²) in [4.78, 5) is 59.7. The number of nitrogens with one attached hydrogen (secondary N) is 1. The molecule has 2 aliphatic rings. The number of nitrogens with zero attached hydrogens (tertiary/aromatic N) is 5. The number of hydrogen-bond donors (Lipinski definition) is 1. The summed E-state index contributed by atoms with van der Waals surface area (Å²) in [6.45, 7) is 2.39. The zero-order valence-corrected chi connectivity index (χ0v) is 20.6. The van der Waals surface area contributed by atoms with Crippen LogP contribution in [0.4, 0.5) is 24.7 Å². The minimum atomic E-state index is -5.37. The number of aromatic nitrogens is 2. The number of hydrogen-bond acceptors (Lipinski definition) is 9. The van der Waals surface area contributed by atoms with E-state index in [1.807, 2.05) is 0 Å². The van der Waals surface area contributed by atoms with Crippen LogP contribution in [0.2, 0.25) is 0 Å². The van der Waals surface area contributed by atoms with Gasteiger partial charge in [0.15, 0.2) is 23.6 Å². The quantitative estimate of drug-likeness (QED) is 0.413. The van der Waals surface area contributed by atoms with E-state index in [1.165, 1.54) is 24.1 Å². The Kier molecular flexibility index (Phi) is 7.61. The van der Waals surface area contributed by atoms with Crippen molar-refractivity contribution in [3.8, 4) is 11.8 Å². The van der Waals surface area contributed by atoms with Gasteiger partial charge in [-0.3, -0.25) is 23.6 Å². The standard InChI is InChI=1S/C24H25F3N6O5/c1-3-4-12-31-18-19(33(38-21(36)24(25,26)27)22(31)30-13-10-28-11-14-30)32(23(37)29(2)20(18)35)15-17(34)16-8-6-5-7-9-16/h5-9,22,28H,10-15H2,1-2H3. The van der Waals surface area contributed by atoms with Gasteiger partial charge in [-0.05, 0) is 6.92 Å². The molecule has 0 saturated carbocycles. The van der Waals surface area contributed by atoms with Crippen LogP contribution in [-0.4, -0.2) is 71.0 Å². The summed E-state index contributed by atoms with van der Waals surface area (Å²) in [6.07, 6.45) is -6.60. The average molecular weight is 534 g/mol. The average Bonchev–Trinajstić information content (AvgIpc) is 3.22. The van der Waals surface area contributed by atoms with Gasteiger partial charge < -0.3 is 15.1 Å². The first kappa shape index (κ1) is 27.0. The van der Waals surface area contributed by atoms with Crippen molar-refractivity contribution in [2.45, 2.75) is 25.9 Å². The lowest BCUT2D eigenvalue weighted by atomic mass is 10.1. The summed E-state index contributed by atoms with van der Waals surface area (Å²) in [7, 11) is 1.20. The van der Waals surface area contributed by atoms with Crippen molar-refractivity contribution >= 4 is 23.3 Å². The Labute approximate surface area is 214 Å². The Morgan fingerprint density at radius 2 is 1.79 bits per heavy atom. The van der Waals surface area contributed by atoms with Gasteiger partial charge in [-0.25, -0.2) is 9.59 Å². The number of ketones is 1. The highest BCUT2D eigenvalue weighted by Crippen LogP contribution is 2.38. The zero-order valence-electron chi connectivity index (χ0n) is 20.6. The fraction of sp³-hybridized carbons (Fsp3) is 0.417. The van der Waals surface area contributed by atoms with Crippen LogP contribution >= 0.6 is 0 Å². The van der Waals surface area contributed by atoms with Crippen molar-refractivity contribution in [2.24, 2.45) is 7.05 Å². The Morgan fingerprint density at radius 3 is 2.39 bits per heavy atom. The van der Waals surface area contributed by atoms with Gasteiger partial charge in [0, 0.05) is 38.8 Å². The second-order valence-electron chi connectivity index (χ2n) is 8.58. The van der Waals surface area contributed by atoms with Gasteiger partial charge in [-0.1, -0.05) is 36.3 Å². The minimum absolute atomic E-state index is 0.127. The van der Waals surface area contributed by atoms with E-state index < -0.39 is 47.8 Å². The van der Waals surface area contributed by atoms with Crippen molar-refractivity contribution < 1.29 is 27.6 Å². The van der Waals surface area contributed by atoms with Crippen molar-refractivity contribution in [3.05, 3.63) is 56.7 Å². The molecule has 1 N–H and O–H groups in total. The number of fused-ring (bicyclic) bond motifs is 1. The minimum Gasteiger partial charge on any atom is -0.327 e. The van der Waals surface area contributed by atoms with Crippen LogP contribution in [0.25, 0.3) is 0 Å². The van der Waals surface area contributed by atoms with E-state index >= 15 is 0 Å². The number of carbonyl (C=O) groups is 2. The number of Topliss-reactive ketones (excluding diaryl/α,β-unsaturated/α-hetero) is 1. The van der Waals surface area contributed by atoms with Crippen LogP contribution in [-0.2, 0) is 23.2 Å². The third kappa shape index (κ3) is 5.02. The molecule has 4 rings (SSSR count). The number of anilines is 2. The summed E-state index contributed by atoms with van der Waals surface area (Å²) >= 11 is 0. The maximum Gasteiger partial charge on any atom is 0.493 e. The molecule has 1 fully saturated rings. The van der Waals surface area contributed by atoms with Gasteiger partial charge in [0.2, 0.25) is 0 Å². The molecule has 1 saturated heterocycles. The van der Waals surface area contributed by atoms with Crippen LogP contribution < -0.4 is 26.5 Å². The molecule has 38 heavy (non-hydrogen) atoms. The molecule has 3 heterocycles. The lowest BCUT2D eigenvalue weighted by molar-refractivity contribution is -0.203. The van der Waals surface area contributed by atoms with Gasteiger partial charge in [-0.15, -0.1) is 11.0 Å². The molecular formula is C24H25F3N6O5. The van der Waals surface area contributed by atoms with Gasteiger partial charge >= 0.3 is 17.8 Å². The number of piperazine rings is 1. The lowest BCUT2D eigenvalue weighted by Gasteiger charge is -2.40. The zero-order chi connectivity index (χ0) is 27.6. The third-order valence-corrected chi connectivity index (χ3v) is 6.19. The second kappa shape index (κ2) is 10.7. The Balaban J connectivity index is 1.95. The van der Waals surface area contributed by atoms with Gasteiger partial charge in [0.25, 0.3) is 5.56 Å². The van der Waals surface area contributed by atoms with E-state index in [2.05, 4.69) is 17.2 Å². The van der Waals surface area contributed by atoms with E-state index in [4.69, 9.17) is 4.84 Å². The molecule has 0 spiro atoms. The van der Waals surface area contributed by atoms with E-state index in [9.17, 15) is 32.3 Å². The SMILES string of the molecule is CC#CCN1c2c(n(CC(=O)c3ccccc3)c(=O)n(C)c2=O)N(OC(=O)C(F)(F)F)C1N1CCNCC1. The normalized spacial score (nSPS) is 17.6. The number of halogens is 3. The molecule has 2 aliphatic heterocycles. The summed E-state index contributed by atoms with van der Waals surface area (Å²) in [6, 6.07) is 7.96. The van der Waals surface area contributed by atoms with Gasteiger partial charge in [-0.2, -0.15) is 13.2 Å². The highest BCUT2D eigenvalue weighted by Gasteiger charge is 2.51.